The Bertz CT molecular complexity index is 1230. The van der Waals surface area contributed by atoms with Gasteiger partial charge in [-0.1, -0.05) is 48.5 Å². The summed E-state index contributed by atoms with van der Waals surface area (Å²) >= 11 is 0. The summed E-state index contributed by atoms with van der Waals surface area (Å²) < 4.78 is 5.54. The van der Waals surface area contributed by atoms with Gasteiger partial charge in [0.25, 0.3) is 0 Å². The van der Waals surface area contributed by atoms with Crippen molar-refractivity contribution in [3.05, 3.63) is 83.7 Å². The van der Waals surface area contributed by atoms with E-state index in [1.165, 1.54) is 17.3 Å². The Hall–Kier alpha value is -4.20. The van der Waals surface area contributed by atoms with Crippen LogP contribution in [0, 0.1) is 11.8 Å². The van der Waals surface area contributed by atoms with E-state index in [9.17, 15) is 14.4 Å². The van der Waals surface area contributed by atoms with Gasteiger partial charge in [-0.2, -0.15) is 0 Å². The first-order valence-electron chi connectivity index (χ1n) is 11.6. The zero-order valence-corrected chi connectivity index (χ0v) is 18.9. The Kier molecular flexibility index (Phi) is 6.18. The molecule has 5 rings (SSSR count). The Morgan fingerprint density at radius 1 is 0.971 bits per heavy atom. The average molecular weight is 472 g/mol. The number of nitrogens with zero attached hydrogens (tertiary/aromatic N) is 1. The lowest BCUT2D eigenvalue weighted by Gasteiger charge is -2.14. The molecule has 1 fully saturated rings. The van der Waals surface area contributed by atoms with Crippen LogP contribution in [0.5, 0.6) is 0 Å². The Balaban J connectivity index is 1.11. The van der Waals surface area contributed by atoms with E-state index in [0.717, 1.165) is 11.1 Å². The number of hydrogen-bond donors (Lipinski definition) is 3. The quantitative estimate of drug-likeness (QED) is 0.460. The zero-order chi connectivity index (χ0) is 24.4. The second kappa shape index (κ2) is 9.58. The summed E-state index contributed by atoms with van der Waals surface area (Å²) in [6, 6.07) is 19.6. The van der Waals surface area contributed by atoms with Crippen LogP contribution >= 0.6 is 0 Å². The van der Waals surface area contributed by atoms with Gasteiger partial charge < -0.3 is 15.2 Å². The molecule has 3 aromatic rings. The number of aromatic nitrogens is 1. The minimum absolute atomic E-state index is 0.00758. The number of carbonyl (C=O) groups excluding carboxylic acids is 2. The highest BCUT2D eigenvalue weighted by atomic mass is 16.5. The Morgan fingerprint density at radius 2 is 1.66 bits per heavy atom. The van der Waals surface area contributed by atoms with Crippen LogP contribution in [0.1, 0.15) is 29.2 Å². The number of ether oxygens (including phenoxy) is 1. The minimum atomic E-state index is -0.814. The molecule has 0 saturated heterocycles. The fraction of sp³-hybridized carbons (Fsp3) is 0.259. The van der Waals surface area contributed by atoms with Gasteiger partial charge in [0.2, 0.25) is 5.91 Å². The van der Waals surface area contributed by atoms with E-state index in [-0.39, 0.29) is 36.7 Å². The lowest BCUT2D eigenvalue weighted by atomic mass is 9.98. The molecule has 1 heterocycles. The molecular weight excluding hydrogens is 446 g/mol. The maximum Gasteiger partial charge on any atom is 0.411 e. The van der Waals surface area contributed by atoms with Crippen molar-refractivity contribution in [1.29, 1.82) is 0 Å². The van der Waals surface area contributed by atoms with Crippen molar-refractivity contribution in [3.63, 3.8) is 0 Å². The van der Waals surface area contributed by atoms with Gasteiger partial charge in [-0.05, 0) is 46.7 Å². The number of amides is 2. The van der Waals surface area contributed by atoms with Gasteiger partial charge >= 0.3 is 12.1 Å². The second-order valence-corrected chi connectivity index (χ2v) is 8.91. The van der Waals surface area contributed by atoms with Gasteiger partial charge in [0, 0.05) is 18.2 Å². The molecule has 2 aliphatic carbocycles. The molecule has 178 valence electrons. The van der Waals surface area contributed by atoms with Crippen molar-refractivity contribution < 1.29 is 24.2 Å². The van der Waals surface area contributed by atoms with E-state index in [0.29, 0.717) is 24.3 Å². The molecular formula is C27H25N3O5. The molecule has 0 radical (unpaired) electrons. The number of hydrogen-bond acceptors (Lipinski definition) is 5. The van der Waals surface area contributed by atoms with Crippen LogP contribution in [0.2, 0.25) is 0 Å². The molecule has 8 nitrogen and oxygen atoms in total. The molecule has 2 aliphatic rings. The van der Waals surface area contributed by atoms with Gasteiger partial charge in [-0.15, -0.1) is 0 Å². The molecule has 1 aromatic heterocycles. The van der Waals surface area contributed by atoms with Crippen molar-refractivity contribution in [1.82, 2.24) is 10.3 Å². The molecule has 8 heteroatoms. The third-order valence-corrected chi connectivity index (χ3v) is 6.56. The van der Waals surface area contributed by atoms with Crippen molar-refractivity contribution in [2.24, 2.45) is 11.8 Å². The minimum Gasteiger partial charge on any atom is -0.481 e. The van der Waals surface area contributed by atoms with Crippen LogP contribution in [0.4, 0.5) is 10.5 Å². The normalized spacial score (nSPS) is 17.7. The number of anilines is 1. The van der Waals surface area contributed by atoms with Crippen molar-refractivity contribution in [2.45, 2.75) is 18.8 Å². The predicted molar refractivity (Wildman–Crippen MR) is 129 cm³/mol. The number of nitrogens with one attached hydrogen (secondary N) is 2. The predicted octanol–water partition coefficient (Wildman–Crippen LogP) is 3.82. The van der Waals surface area contributed by atoms with E-state index in [1.54, 1.807) is 12.1 Å². The number of carboxylic acid groups (broad SMARTS) is 1. The fourth-order valence-corrected chi connectivity index (χ4v) is 4.60. The SMILES string of the molecule is O=C(Cc1ccc(NC(=O)OCC2c3ccccc3-c3ccccc32)cn1)NCC1CC1C(=O)O. The highest BCUT2D eigenvalue weighted by molar-refractivity contribution is 5.85. The average Bonchev–Trinajstić information content (AvgIpc) is 3.58. The molecule has 1 saturated carbocycles. The topological polar surface area (TPSA) is 118 Å². The number of rotatable bonds is 8. The van der Waals surface area contributed by atoms with Crippen LogP contribution in [-0.2, 0) is 20.7 Å². The third-order valence-electron chi connectivity index (χ3n) is 6.56. The Labute approximate surface area is 202 Å². The highest BCUT2D eigenvalue weighted by Crippen LogP contribution is 2.44. The number of fused-ring (bicyclic) bond motifs is 3. The standard InChI is InChI=1S/C27H25N3O5/c31-25(29-13-16-11-23(16)26(32)33)12-17-9-10-18(14-28-17)30-27(34)35-15-24-21-7-3-1-5-19(21)20-6-2-4-8-22(20)24/h1-10,14,16,23-24H,11-13,15H2,(H,29,31)(H,30,34)(H,32,33). The Morgan fingerprint density at radius 3 is 2.26 bits per heavy atom. The molecule has 2 amide bonds. The molecule has 2 atom stereocenters. The van der Waals surface area contributed by atoms with Crippen LogP contribution in [-0.4, -0.2) is 41.2 Å². The summed E-state index contributed by atoms with van der Waals surface area (Å²) in [4.78, 5) is 39.6. The number of benzene rings is 2. The van der Waals surface area contributed by atoms with E-state index in [4.69, 9.17) is 9.84 Å². The smallest absolute Gasteiger partial charge is 0.411 e. The summed E-state index contributed by atoms with van der Waals surface area (Å²) in [6.45, 7) is 0.576. The summed E-state index contributed by atoms with van der Waals surface area (Å²) in [6.07, 6.45) is 1.59. The van der Waals surface area contributed by atoms with Gasteiger partial charge in [0.05, 0.1) is 24.2 Å². The van der Waals surface area contributed by atoms with Gasteiger partial charge in [-0.3, -0.25) is 19.9 Å². The van der Waals surface area contributed by atoms with Gasteiger partial charge in [0.15, 0.2) is 0 Å². The number of carbonyl (C=O) groups is 3. The number of carboxylic acids is 1. The number of pyridine rings is 1. The molecule has 2 aromatic carbocycles. The summed E-state index contributed by atoms with van der Waals surface area (Å²) in [5.74, 6) is -1.39. The maximum atomic E-state index is 12.4. The van der Waals surface area contributed by atoms with Crippen molar-refractivity contribution >= 4 is 23.7 Å². The molecule has 35 heavy (non-hydrogen) atoms. The molecule has 3 N–H and O–H groups in total. The van der Waals surface area contributed by atoms with Crippen LogP contribution in [0.25, 0.3) is 11.1 Å². The first kappa shape index (κ1) is 22.6. The molecule has 0 spiro atoms. The van der Waals surface area contributed by atoms with Crippen LogP contribution < -0.4 is 10.6 Å². The lowest BCUT2D eigenvalue weighted by Crippen LogP contribution is -2.28. The first-order chi connectivity index (χ1) is 17.0. The van der Waals surface area contributed by atoms with E-state index < -0.39 is 12.1 Å². The zero-order valence-electron chi connectivity index (χ0n) is 18.9. The molecule has 2 unspecified atom stereocenters. The second-order valence-electron chi connectivity index (χ2n) is 8.91. The first-order valence-corrected chi connectivity index (χ1v) is 11.6. The summed E-state index contributed by atoms with van der Waals surface area (Å²) in [5, 5.41) is 14.3. The van der Waals surface area contributed by atoms with Crippen molar-refractivity contribution in [3.8, 4) is 11.1 Å². The molecule has 0 aliphatic heterocycles. The van der Waals surface area contributed by atoms with Crippen molar-refractivity contribution in [2.75, 3.05) is 18.5 Å². The lowest BCUT2D eigenvalue weighted by molar-refractivity contribution is -0.139. The monoisotopic (exact) mass is 471 g/mol. The highest BCUT2D eigenvalue weighted by Gasteiger charge is 2.42. The maximum absolute atomic E-state index is 12.4. The van der Waals surface area contributed by atoms with Crippen LogP contribution in [0.3, 0.4) is 0 Å². The van der Waals surface area contributed by atoms with Crippen LogP contribution in [0.15, 0.2) is 66.9 Å². The number of aliphatic carboxylic acids is 1. The van der Waals surface area contributed by atoms with Gasteiger partial charge in [0.1, 0.15) is 6.61 Å². The largest absolute Gasteiger partial charge is 0.481 e. The third kappa shape index (κ3) is 5.01. The van der Waals surface area contributed by atoms with Gasteiger partial charge in [-0.25, -0.2) is 4.79 Å². The summed E-state index contributed by atoms with van der Waals surface area (Å²) in [7, 11) is 0. The van der Waals surface area contributed by atoms with E-state index in [2.05, 4.69) is 39.9 Å². The van der Waals surface area contributed by atoms with E-state index in [1.807, 2.05) is 24.3 Å². The van der Waals surface area contributed by atoms with E-state index >= 15 is 0 Å². The fourth-order valence-electron chi connectivity index (χ4n) is 4.60. The summed E-state index contributed by atoms with van der Waals surface area (Å²) in [5.41, 5.74) is 5.64. The molecule has 0 bridgehead atoms.